The third-order valence-electron chi connectivity index (χ3n) is 4.78. The number of hydrogen-bond acceptors (Lipinski definition) is 4. The molecule has 1 heterocycles. The summed E-state index contributed by atoms with van der Waals surface area (Å²) in [7, 11) is 0. The van der Waals surface area contributed by atoms with Gasteiger partial charge in [0.2, 0.25) is 5.91 Å². The third-order valence-corrected chi connectivity index (χ3v) is 4.78. The number of fused-ring (bicyclic) bond motifs is 1. The van der Waals surface area contributed by atoms with Crippen LogP contribution in [0.2, 0.25) is 0 Å². The highest BCUT2D eigenvalue weighted by molar-refractivity contribution is 6.05. The predicted molar refractivity (Wildman–Crippen MR) is 95.3 cm³/mol. The zero-order valence-electron chi connectivity index (χ0n) is 14.1. The Morgan fingerprint density at radius 1 is 1.00 bits per heavy atom. The van der Waals surface area contributed by atoms with Crippen molar-refractivity contribution in [3.63, 3.8) is 0 Å². The number of H-pyrrole nitrogens is 1. The molecule has 0 saturated heterocycles. The summed E-state index contributed by atoms with van der Waals surface area (Å²) in [6.45, 7) is 0. The van der Waals surface area contributed by atoms with E-state index in [-0.39, 0.29) is 17.4 Å². The largest absolute Gasteiger partial charge is 0.290 e. The van der Waals surface area contributed by atoms with Crippen molar-refractivity contribution in [3.05, 3.63) is 76.0 Å². The van der Waals surface area contributed by atoms with E-state index in [1.54, 1.807) is 36.4 Å². The minimum atomic E-state index is -0.762. The highest BCUT2D eigenvalue weighted by Gasteiger charge is 2.51. The number of aromatic nitrogens is 2. The molecule has 3 N–H and O–H groups in total. The number of nitrogens with one attached hydrogen (secondary N) is 3. The van der Waals surface area contributed by atoms with E-state index in [9.17, 15) is 18.8 Å². The number of rotatable bonds is 3. The van der Waals surface area contributed by atoms with Gasteiger partial charge in [-0.3, -0.25) is 25.2 Å². The molecule has 4 rings (SSSR count). The van der Waals surface area contributed by atoms with Crippen LogP contribution >= 0.6 is 0 Å². The Balaban J connectivity index is 1.52. The summed E-state index contributed by atoms with van der Waals surface area (Å²) in [6, 6.07) is 12.3. The molecular formula is C19H15FN4O3. The van der Waals surface area contributed by atoms with Gasteiger partial charge in [-0.2, -0.15) is 5.10 Å². The van der Waals surface area contributed by atoms with Crippen LogP contribution in [0, 0.1) is 5.82 Å². The van der Waals surface area contributed by atoms with Gasteiger partial charge >= 0.3 is 0 Å². The molecule has 1 saturated carbocycles. The molecule has 0 atom stereocenters. The van der Waals surface area contributed by atoms with Gasteiger partial charge in [0.15, 0.2) is 5.69 Å². The molecule has 1 fully saturated rings. The molecule has 0 spiro atoms. The van der Waals surface area contributed by atoms with Crippen molar-refractivity contribution in [2.24, 2.45) is 0 Å². The summed E-state index contributed by atoms with van der Waals surface area (Å²) in [5, 5.41) is 6.77. The maximum Gasteiger partial charge on any atom is 0.290 e. The van der Waals surface area contributed by atoms with Crippen LogP contribution in [0.1, 0.15) is 28.9 Å². The molecule has 1 aromatic heterocycles. The van der Waals surface area contributed by atoms with Crippen molar-refractivity contribution >= 4 is 22.6 Å². The highest BCUT2D eigenvalue weighted by Crippen LogP contribution is 2.48. The first-order valence-corrected chi connectivity index (χ1v) is 8.35. The van der Waals surface area contributed by atoms with Gasteiger partial charge in [-0.25, -0.2) is 9.49 Å². The smallest absolute Gasteiger partial charge is 0.272 e. The average molecular weight is 366 g/mol. The summed E-state index contributed by atoms with van der Waals surface area (Å²) in [5.74, 6) is -1.40. The second-order valence-electron chi connectivity index (χ2n) is 6.44. The topological polar surface area (TPSA) is 104 Å². The van der Waals surface area contributed by atoms with Crippen LogP contribution in [0.3, 0.4) is 0 Å². The Kier molecular flexibility index (Phi) is 3.95. The van der Waals surface area contributed by atoms with Crippen LogP contribution in [-0.4, -0.2) is 22.0 Å². The van der Waals surface area contributed by atoms with Gasteiger partial charge in [0.1, 0.15) is 5.82 Å². The lowest BCUT2D eigenvalue weighted by Crippen LogP contribution is -2.47. The van der Waals surface area contributed by atoms with Crippen molar-refractivity contribution in [2.75, 3.05) is 0 Å². The highest BCUT2D eigenvalue weighted by atomic mass is 19.1. The standard InChI is InChI=1S/C19H15FN4O3/c20-12-7-5-11(6-8-12)19(9-10-19)18(27)24-23-17(26)15-13-3-1-2-4-14(13)16(25)22-21-15/h1-8H,9-10H2,(H,22,25)(H,23,26)(H,24,27). The number of nitrogens with zero attached hydrogens (tertiary/aromatic N) is 1. The van der Waals surface area contributed by atoms with E-state index in [4.69, 9.17) is 0 Å². The van der Waals surface area contributed by atoms with Gasteiger partial charge < -0.3 is 0 Å². The number of aromatic amines is 1. The number of hydrogen-bond donors (Lipinski definition) is 3. The first kappa shape index (κ1) is 16.9. The Bertz CT molecular complexity index is 1100. The van der Waals surface area contributed by atoms with E-state index in [2.05, 4.69) is 21.0 Å². The number of amides is 2. The van der Waals surface area contributed by atoms with Crippen LogP contribution in [0.15, 0.2) is 53.3 Å². The number of hydrazine groups is 1. The van der Waals surface area contributed by atoms with Gasteiger partial charge in [0, 0.05) is 5.39 Å². The minimum Gasteiger partial charge on any atom is -0.272 e. The molecule has 0 radical (unpaired) electrons. The zero-order chi connectivity index (χ0) is 19.0. The quantitative estimate of drug-likeness (QED) is 0.612. The van der Waals surface area contributed by atoms with Crippen molar-refractivity contribution in [1.82, 2.24) is 21.0 Å². The Labute approximate surface area is 152 Å². The van der Waals surface area contributed by atoms with Crippen molar-refractivity contribution in [2.45, 2.75) is 18.3 Å². The number of halogens is 1. The lowest BCUT2D eigenvalue weighted by molar-refractivity contribution is -0.124. The molecule has 0 aliphatic heterocycles. The van der Waals surface area contributed by atoms with Crippen molar-refractivity contribution < 1.29 is 14.0 Å². The summed E-state index contributed by atoms with van der Waals surface area (Å²) >= 11 is 0. The molecule has 2 aromatic carbocycles. The molecular weight excluding hydrogens is 351 g/mol. The maximum absolute atomic E-state index is 13.1. The molecule has 1 aliphatic rings. The SMILES string of the molecule is O=C(NNC(=O)C1(c2ccc(F)cc2)CC1)c1n[nH]c(=O)c2ccccc12. The molecule has 2 amide bonds. The third kappa shape index (κ3) is 2.95. The van der Waals surface area contributed by atoms with Gasteiger partial charge in [-0.1, -0.05) is 30.3 Å². The molecule has 0 unspecified atom stereocenters. The first-order chi connectivity index (χ1) is 13.0. The van der Waals surface area contributed by atoms with E-state index in [1.165, 1.54) is 12.1 Å². The monoisotopic (exact) mass is 366 g/mol. The number of carbonyl (C=O) groups excluding carboxylic acids is 2. The predicted octanol–water partition coefficient (Wildman–Crippen LogP) is 1.55. The fraction of sp³-hybridized carbons (Fsp3) is 0.158. The Morgan fingerprint density at radius 2 is 1.67 bits per heavy atom. The molecule has 0 bridgehead atoms. The Hall–Kier alpha value is -3.55. The second-order valence-corrected chi connectivity index (χ2v) is 6.44. The van der Waals surface area contributed by atoms with E-state index < -0.39 is 16.9 Å². The molecule has 7 nitrogen and oxygen atoms in total. The molecule has 136 valence electrons. The Morgan fingerprint density at radius 3 is 2.33 bits per heavy atom. The van der Waals surface area contributed by atoms with Gasteiger partial charge in [0.05, 0.1) is 10.8 Å². The van der Waals surface area contributed by atoms with E-state index in [0.29, 0.717) is 29.2 Å². The normalized spacial score (nSPS) is 14.6. The lowest BCUT2D eigenvalue weighted by Gasteiger charge is -2.16. The first-order valence-electron chi connectivity index (χ1n) is 8.35. The lowest BCUT2D eigenvalue weighted by atomic mass is 9.95. The maximum atomic E-state index is 13.1. The second kappa shape index (κ2) is 6.31. The van der Waals surface area contributed by atoms with Crippen molar-refractivity contribution in [3.8, 4) is 0 Å². The van der Waals surface area contributed by atoms with Gasteiger partial charge in [-0.05, 0) is 36.6 Å². The zero-order valence-corrected chi connectivity index (χ0v) is 14.1. The summed E-state index contributed by atoms with van der Waals surface area (Å²) < 4.78 is 13.1. The van der Waals surface area contributed by atoms with Crippen LogP contribution < -0.4 is 16.4 Å². The summed E-state index contributed by atoms with van der Waals surface area (Å²) in [6.07, 6.45) is 1.22. The summed E-state index contributed by atoms with van der Waals surface area (Å²) in [5.41, 5.74) is 4.28. The minimum absolute atomic E-state index is 0.00266. The van der Waals surface area contributed by atoms with Crippen LogP contribution in [0.5, 0.6) is 0 Å². The summed E-state index contributed by atoms with van der Waals surface area (Å²) in [4.78, 5) is 36.8. The fourth-order valence-corrected chi connectivity index (χ4v) is 3.12. The molecule has 27 heavy (non-hydrogen) atoms. The molecule has 8 heteroatoms. The van der Waals surface area contributed by atoms with E-state index >= 15 is 0 Å². The fourth-order valence-electron chi connectivity index (χ4n) is 3.12. The van der Waals surface area contributed by atoms with Crippen LogP contribution in [0.4, 0.5) is 4.39 Å². The van der Waals surface area contributed by atoms with E-state index in [0.717, 1.165) is 0 Å². The average Bonchev–Trinajstić information content (AvgIpc) is 3.49. The molecule has 3 aromatic rings. The number of benzene rings is 2. The van der Waals surface area contributed by atoms with Gasteiger partial charge in [-0.15, -0.1) is 0 Å². The molecule has 1 aliphatic carbocycles. The van der Waals surface area contributed by atoms with Crippen molar-refractivity contribution in [1.29, 1.82) is 0 Å². The number of carbonyl (C=O) groups is 2. The van der Waals surface area contributed by atoms with Crippen LogP contribution in [-0.2, 0) is 10.2 Å². The van der Waals surface area contributed by atoms with E-state index in [1.807, 2.05) is 0 Å². The van der Waals surface area contributed by atoms with Crippen LogP contribution in [0.25, 0.3) is 10.8 Å². The van der Waals surface area contributed by atoms with Gasteiger partial charge in [0.25, 0.3) is 11.5 Å².